The van der Waals surface area contributed by atoms with Gasteiger partial charge in [-0.25, -0.2) is 9.67 Å². The summed E-state index contributed by atoms with van der Waals surface area (Å²) in [6.45, 7) is 3.90. The van der Waals surface area contributed by atoms with Gasteiger partial charge in [0.2, 0.25) is 5.95 Å². The van der Waals surface area contributed by atoms with Crippen molar-refractivity contribution in [2.24, 2.45) is 5.73 Å². The monoisotopic (exact) mass is 362 g/mol. The van der Waals surface area contributed by atoms with Crippen LogP contribution in [0.1, 0.15) is 22.6 Å². The van der Waals surface area contributed by atoms with Crippen LogP contribution in [0.2, 0.25) is 0 Å². The van der Waals surface area contributed by atoms with Crippen LogP contribution in [-0.2, 0) is 12.7 Å². The summed E-state index contributed by atoms with van der Waals surface area (Å²) in [6.07, 6.45) is -4.42. The van der Waals surface area contributed by atoms with Crippen molar-refractivity contribution in [2.75, 3.05) is 5.32 Å². The topological polar surface area (TPSA) is 81.7 Å². The van der Waals surface area contributed by atoms with E-state index in [1.807, 2.05) is 19.9 Å². The first-order valence-electron chi connectivity index (χ1n) is 7.82. The van der Waals surface area contributed by atoms with Gasteiger partial charge in [0.15, 0.2) is 5.82 Å². The lowest BCUT2D eigenvalue weighted by molar-refractivity contribution is -0.137. The van der Waals surface area contributed by atoms with Gasteiger partial charge in [-0.3, -0.25) is 0 Å². The van der Waals surface area contributed by atoms with Crippen LogP contribution in [0.25, 0.3) is 5.82 Å². The molecule has 0 fully saturated rings. The first-order valence-corrected chi connectivity index (χ1v) is 7.82. The molecule has 136 valence electrons. The number of hydrogen-bond acceptors (Lipinski definition) is 5. The zero-order valence-corrected chi connectivity index (χ0v) is 14.2. The van der Waals surface area contributed by atoms with Gasteiger partial charge >= 0.3 is 6.18 Å². The number of alkyl halides is 3. The van der Waals surface area contributed by atoms with Crippen LogP contribution >= 0.6 is 0 Å². The lowest BCUT2D eigenvalue weighted by Gasteiger charge is -2.12. The molecule has 0 saturated heterocycles. The fourth-order valence-corrected chi connectivity index (χ4v) is 2.52. The Hall–Kier alpha value is -2.94. The summed E-state index contributed by atoms with van der Waals surface area (Å²) < 4.78 is 40.2. The third kappa shape index (κ3) is 3.83. The number of rotatable bonds is 4. The molecule has 0 radical (unpaired) electrons. The molecule has 1 aromatic carbocycles. The zero-order valence-electron chi connectivity index (χ0n) is 14.2. The van der Waals surface area contributed by atoms with Crippen molar-refractivity contribution < 1.29 is 13.2 Å². The first kappa shape index (κ1) is 17.9. The largest absolute Gasteiger partial charge is 0.416 e. The summed E-state index contributed by atoms with van der Waals surface area (Å²) >= 11 is 0. The van der Waals surface area contributed by atoms with E-state index in [9.17, 15) is 13.2 Å². The minimum absolute atomic E-state index is 0.148. The van der Waals surface area contributed by atoms with Crippen molar-refractivity contribution in [3.05, 3.63) is 59.0 Å². The molecule has 6 nitrogen and oxygen atoms in total. The van der Waals surface area contributed by atoms with Gasteiger partial charge in [0.05, 0.1) is 17.0 Å². The Labute approximate surface area is 147 Å². The smallest absolute Gasteiger partial charge is 0.325 e. The van der Waals surface area contributed by atoms with Crippen LogP contribution in [-0.4, -0.2) is 19.7 Å². The zero-order chi connectivity index (χ0) is 18.9. The molecule has 0 aliphatic heterocycles. The Kier molecular flexibility index (Phi) is 4.64. The van der Waals surface area contributed by atoms with Gasteiger partial charge < -0.3 is 11.1 Å². The predicted molar refractivity (Wildman–Crippen MR) is 91.2 cm³/mol. The number of aromatic nitrogens is 4. The first-order chi connectivity index (χ1) is 12.3. The quantitative estimate of drug-likeness (QED) is 0.742. The molecule has 3 N–H and O–H groups in total. The Balaban J connectivity index is 1.98. The number of nitrogens with two attached hydrogens (primary N) is 1. The third-order valence-corrected chi connectivity index (χ3v) is 3.65. The third-order valence-electron chi connectivity index (χ3n) is 3.65. The Bertz CT molecular complexity index is 932. The van der Waals surface area contributed by atoms with Crippen molar-refractivity contribution in [1.29, 1.82) is 0 Å². The van der Waals surface area contributed by atoms with Crippen molar-refractivity contribution in [3.63, 3.8) is 0 Å². The fourth-order valence-electron chi connectivity index (χ4n) is 2.52. The van der Waals surface area contributed by atoms with E-state index in [4.69, 9.17) is 5.73 Å². The lowest BCUT2D eigenvalue weighted by Crippen LogP contribution is -2.10. The molecule has 3 aromatic rings. The molecule has 2 aromatic heterocycles. The Morgan fingerprint density at radius 1 is 1.12 bits per heavy atom. The summed E-state index contributed by atoms with van der Waals surface area (Å²) in [6, 6.07) is 8.42. The van der Waals surface area contributed by atoms with Crippen LogP contribution in [0.15, 0.2) is 36.4 Å². The molecular weight excluding hydrogens is 345 g/mol. The maximum Gasteiger partial charge on any atom is 0.416 e. The second kappa shape index (κ2) is 6.75. The molecule has 26 heavy (non-hydrogen) atoms. The van der Waals surface area contributed by atoms with E-state index in [-0.39, 0.29) is 18.2 Å². The van der Waals surface area contributed by atoms with Crippen LogP contribution in [0.5, 0.6) is 0 Å². The number of nitrogens with zero attached hydrogens (tertiary/aromatic N) is 4. The number of nitrogens with one attached hydrogen (secondary N) is 1. The van der Waals surface area contributed by atoms with E-state index in [2.05, 4.69) is 20.4 Å². The fraction of sp³-hybridized carbons (Fsp3) is 0.235. The number of halogens is 3. The Morgan fingerprint density at radius 2 is 1.88 bits per heavy atom. The molecule has 0 unspecified atom stereocenters. The molecule has 0 spiro atoms. The summed E-state index contributed by atoms with van der Waals surface area (Å²) in [5.41, 5.74) is 7.39. The van der Waals surface area contributed by atoms with Gasteiger partial charge in [0, 0.05) is 24.0 Å². The molecule has 0 amide bonds. The summed E-state index contributed by atoms with van der Waals surface area (Å²) in [4.78, 5) is 8.59. The van der Waals surface area contributed by atoms with Gasteiger partial charge in [-0.2, -0.15) is 23.3 Å². The van der Waals surface area contributed by atoms with E-state index >= 15 is 0 Å². The summed E-state index contributed by atoms with van der Waals surface area (Å²) in [7, 11) is 0. The minimum Gasteiger partial charge on any atom is -0.325 e. The van der Waals surface area contributed by atoms with Gasteiger partial charge in [-0.1, -0.05) is 6.07 Å². The molecule has 0 aliphatic rings. The molecule has 9 heteroatoms. The van der Waals surface area contributed by atoms with Crippen molar-refractivity contribution in [1.82, 2.24) is 19.7 Å². The average Bonchev–Trinajstić information content (AvgIpc) is 2.92. The highest BCUT2D eigenvalue weighted by Gasteiger charge is 2.30. The van der Waals surface area contributed by atoms with Crippen molar-refractivity contribution >= 4 is 11.6 Å². The van der Waals surface area contributed by atoms with E-state index in [1.54, 1.807) is 10.7 Å². The standard InChI is InChI=1S/C17H17F3N6/c1-10-6-11(2)26(25-10)15-8-14(9-21)23-16(24-15)22-13-5-3-4-12(7-13)17(18,19)20/h3-8H,9,21H2,1-2H3,(H,22,23,24). The number of hydrogen-bond donors (Lipinski definition) is 2. The van der Waals surface area contributed by atoms with Crippen LogP contribution in [0.3, 0.4) is 0 Å². The van der Waals surface area contributed by atoms with Crippen LogP contribution in [0.4, 0.5) is 24.8 Å². The van der Waals surface area contributed by atoms with Gasteiger partial charge in [-0.05, 0) is 38.1 Å². The lowest BCUT2D eigenvalue weighted by atomic mass is 10.2. The van der Waals surface area contributed by atoms with Crippen LogP contribution < -0.4 is 11.1 Å². The maximum atomic E-state index is 12.9. The van der Waals surface area contributed by atoms with Gasteiger partial charge in [0.1, 0.15) is 0 Å². The highest BCUT2D eigenvalue weighted by atomic mass is 19.4. The number of aryl methyl sites for hydroxylation is 2. The second-order valence-corrected chi connectivity index (χ2v) is 5.79. The number of anilines is 2. The minimum atomic E-state index is -4.42. The molecule has 3 rings (SSSR count). The van der Waals surface area contributed by atoms with Crippen LogP contribution in [0, 0.1) is 13.8 Å². The van der Waals surface area contributed by atoms with Crippen molar-refractivity contribution in [2.45, 2.75) is 26.6 Å². The predicted octanol–water partition coefficient (Wildman–Crippen LogP) is 3.50. The van der Waals surface area contributed by atoms with E-state index in [0.717, 1.165) is 23.5 Å². The highest BCUT2D eigenvalue weighted by Crippen LogP contribution is 2.31. The molecule has 2 heterocycles. The molecule has 0 saturated carbocycles. The van der Waals surface area contributed by atoms with Gasteiger partial charge in [-0.15, -0.1) is 0 Å². The Morgan fingerprint density at radius 3 is 2.50 bits per heavy atom. The maximum absolute atomic E-state index is 12.9. The molecule has 0 bridgehead atoms. The van der Waals surface area contributed by atoms with Crippen molar-refractivity contribution in [3.8, 4) is 5.82 Å². The average molecular weight is 362 g/mol. The summed E-state index contributed by atoms with van der Waals surface area (Å²) in [5.74, 6) is 0.635. The molecule has 0 aliphatic carbocycles. The summed E-state index contributed by atoms with van der Waals surface area (Å²) in [5, 5.41) is 7.17. The number of benzene rings is 1. The SMILES string of the molecule is Cc1cc(C)n(-c2cc(CN)nc(Nc3cccc(C(F)(F)F)c3)n2)n1. The van der Waals surface area contributed by atoms with E-state index in [0.29, 0.717) is 11.5 Å². The van der Waals surface area contributed by atoms with Gasteiger partial charge in [0.25, 0.3) is 0 Å². The highest BCUT2D eigenvalue weighted by molar-refractivity contribution is 5.55. The van der Waals surface area contributed by atoms with E-state index < -0.39 is 11.7 Å². The molecule has 0 atom stereocenters. The molecular formula is C17H17F3N6. The van der Waals surface area contributed by atoms with E-state index in [1.165, 1.54) is 12.1 Å². The normalized spacial score (nSPS) is 11.6. The second-order valence-electron chi connectivity index (χ2n) is 5.79.